The summed E-state index contributed by atoms with van der Waals surface area (Å²) in [6, 6.07) is 20.3. The third-order valence-corrected chi connectivity index (χ3v) is 1.84. The Balaban J connectivity index is 0.000000581. The molecule has 0 aromatic heterocycles. The molecule has 0 bridgehead atoms. The Kier molecular flexibility index (Phi) is 9.64. The van der Waals surface area contributed by atoms with E-state index in [1.807, 2.05) is 88.4 Å². The first-order valence-electron chi connectivity index (χ1n) is 6.32. The van der Waals surface area contributed by atoms with Crippen LogP contribution in [-0.2, 0) is 0 Å². The Labute approximate surface area is 106 Å². The van der Waals surface area contributed by atoms with E-state index in [1.54, 1.807) is 0 Å². The molecular formula is C16H23N. The number of hydrogen-bond donors (Lipinski definition) is 1. The molecule has 0 saturated heterocycles. The van der Waals surface area contributed by atoms with Gasteiger partial charge in [0.25, 0.3) is 0 Å². The zero-order valence-electron chi connectivity index (χ0n) is 11.3. The maximum absolute atomic E-state index is 3.30. The molecule has 17 heavy (non-hydrogen) atoms. The van der Waals surface area contributed by atoms with E-state index in [0.29, 0.717) is 0 Å². The smallest absolute Gasteiger partial charge is 0.0384 e. The minimum absolute atomic E-state index is 1.12. The molecule has 0 aliphatic heterocycles. The lowest BCUT2D eigenvalue weighted by atomic mass is 10.3. The van der Waals surface area contributed by atoms with Crippen molar-refractivity contribution in [3.05, 3.63) is 60.7 Å². The topological polar surface area (TPSA) is 12.0 Å². The minimum atomic E-state index is 1.12. The van der Waals surface area contributed by atoms with Gasteiger partial charge in [-0.15, -0.1) is 0 Å². The van der Waals surface area contributed by atoms with Gasteiger partial charge in [0.15, 0.2) is 0 Å². The van der Waals surface area contributed by atoms with Crippen molar-refractivity contribution in [3.8, 4) is 0 Å². The van der Waals surface area contributed by atoms with Crippen molar-refractivity contribution < 1.29 is 0 Å². The molecule has 0 spiro atoms. The second kappa shape index (κ2) is 10.7. The first-order valence-corrected chi connectivity index (χ1v) is 6.32. The predicted molar refractivity (Wildman–Crippen MR) is 78.9 cm³/mol. The van der Waals surface area contributed by atoms with E-state index >= 15 is 0 Å². The highest BCUT2D eigenvalue weighted by molar-refractivity contribution is 5.58. The maximum Gasteiger partial charge on any atom is 0.0384 e. The van der Waals surface area contributed by atoms with E-state index in [4.69, 9.17) is 0 Å². The summed E-state index contributed by atoms with van der Waals surface area (Å²) in [5.41, 5.74) is 2.24. The monoisotopic (exact) mass is 229 g/mol. The summed E-state index contributed by atoms with van der Waals surface area (Å²) in [5.74, 6) is 0. The highest BCUT2D eigenvalue weighted by atomic mass is 14.9. The first-order chi connectivity index (χ1) is 8.45. The fourth-order valence-corrected chi connectivity index (χ4v) is 1.21. The molecule has 1 heteroatoms. The van der Waals surface area contributed by atoms with Crippen molar-refractivity contribution >= 4 is 11.4 Å². The third-order valence-electron chi connectivity index (χ3n) is 1.84. The van der Waals surface area contributed by atoms with Gasteiger partial charge < -0.3 is 5.32 Å². The molecule has 0 amide bonds. The van der Waals surface area contributed by atoms with Crippen LogP contribution in [0.3, 0.4) is 0 Å². The number of anilines is 2. The molecule has 0 heterocycles. The van der Waals surface area contributed by atoms with Crippen molar-refractivity contribution in [1.82, 2.24) is 0 Å². The molecule has 2 aromatic rings. The summed E-state index contributed by atoms with van der Waals surface area (Å²) in [5, 5.41) is 3.30. The maximum atomic E-state index is 3.30. The van der Waals surface area contributed by atoms with Crippen LogP contribution >= 0.6 is 0 Å². The number of benzene rings is 2. The molecule has 0 aliphatic carbocycles. The lowest BCUT2D eigenvalue weighted by molar-refractivity contribution is 1.50. The summed E-state index contributed by atoms with van der Waals surface area (Å²) in [4.78, 5) is 0. The highest BCUT2D eigenvalue weighted by Crippen LogP contribution is 2.14. The molecule has 0 aliphatic rings. The van der Waals surface area contributed by atoms with Gasteiger partial charge >= 0.3 is 0 Å². The summed E-state index contributed by atoms with van der Waals surface area (Å²) in [6.45, 7) is 8.00. The molecule has 2 aromatic carbocycles. The van der Waals surface area contributed by atoms with E-state index in [-0.39, 0.29) is 0 Å². The van der Waals surface area contributed by atoms with Crippen LogP contribution in [0, 0.1) is 0 Å². The lowest BCUT2D eigenvalue weighted by Crippen LogP contribution is -1.87. The van der Waals surface area contributed by atoms with E-state index < -0.39 is 0 Å². The molecular weight excluding hydrogens is 206 g/mol. The van der Waals surface area contributed by atoms with Crippen molar-refractivity contribution in [2.24, 2.45) is 0 Å². The van der Waals surface area contributed by atoms with Gasteiger partial charge in [0.2, 0.25) is 0 Å². The molecule has 0 radical (unpaired) electrons. The van der Waals surface area contributed by atoms with Crippen LogP contribution in [0.5, 0.6) is 0 Å². The Morgan fingerprint density at radius 1 is 0.529 bits per heavy atom. The highest BCUT2D eigenvalue weighted by Gasteiger charge is 1.89. The number of hydrogen-bond acceptors (Lipinski definition) is 1. The Morgan fingerprint density at radius 2 is 0.824 bits per heavy atom. The molecule has 0 atom stereocenters. The van der Waals surface area contributed by atoms with Gasteiger partial charge in [-0.1, -0.05) is 64.1 Å². The SMILES string of the molecule is CC.CC.c1ccc(Nc2ccccc2)cc1. The summed E-state index contributed by atoms with van der Waals surface area (Å²) in [6.07, 6.45) is 0. The van der Waals surface area contributed by atoms with Gasteiger partial charge in [0.1, 0.15) is 0 Å². The molecule has 92 valence electrons. The molecule has 0 saturated carbocycles. The minimum Gasteiger partial charge on any atom is -0.356 e. The van der Waals surface area contributed by atoms with Crippen molar-refractivity contribution in [3.63, 3.8) is 0 Å². The van der Waals surface area contributed by atoms with E-state index in [9.17, 15) is 0 Å². The summed E-state index contributed by atoms with van der Waals surface area (Å²) >= 11 is 0. The number of rotatable bonds is 2. The van der Waals surface area contributed by atoms with Crippen LogP contribution in [-0.4, -0.2) is 0 Å². The molecule has 2 rings (SSSR count). The zero-order chi connectivity index (χ0) is 12.9. The van der Waals surface area contributed by atoms with Crippen LogP contribution in [0.25, 0.3) is 0 Å². The summed E-state index contributed by atoms with van der Waals surface area (Å²) in [7, 11) is 0. The van der Waals surface area contributed by atoms with Crippen LogP contribution in [0.1, 0.15) is 27.7 Å². The fourth-order valence-electron chi connectivity index (χ4n) is 1.21. The van der Waals surface area contributed by atoms with Crippen LogP contribution in [0.15, 0.2) is 60.7 Å². The summed E-state index contributed by atoms with van der Waals surface area (Å²) < 4.78 is 0. The quantitative estimate of drug-likeness (QED) is 0.718. The van der Waals surface area contributed by atoms with Crippen LogP contribution in [0.4, 0.5) is 11.4 Å². The van der Waals surface area contributed by atoms with Crippen LogP contribution in [0.2, 0.25) is 0 Å². The van der Waals surface area contributed by atoms with E-state index in [0.717, 1.165) is 11.4 Å². The standard InChI is InChI=1S/C12H11N.2C2H6/c1-3-7-11(8-4-1)13-12-9-5-2-6-10-12;2*1-2/h1-10,13H;2*1-2H3. The third kappa shape index (κ3) is 6.41. The zero-order valence-corrected chi connectivity index (χ0v) is 11.3. The van der Waals surface area contributed by atoms with Gasteiger partial charge in [-0.05, 0) is 24.3 Å². The van der Waals surface area contributed by atoms with Gasteiger partial charge in [-0.3, -0.25) is 0 Å². The average Bonchev–Trinajstić information content (AvgIpc) is 2.45. The first kappa shape index (κ1) is 15.2. The van der Waals surface area contributed by atoms with Gasteiger partial charge in [-0.25, -0.2) is 0 Å². The van der Waals surface area contributed by atoms with E-state index in [1.165, 1.54) is 0 Å². The molecule has 0 unspecified atom stereocenters. The fraction of sp³-hybridized carbons (Fsp3) is 0.250. The van der Waals surface area contributed by atoms with Gasteiger partial charge in [0, 0.05) is 11.4 Å². The predicted octanol–water partition coefficient (Wildman–Crippen LogP) is 5.48. The average molecular weight is 229 g/mol. The van der Waals surface area contributed by atoms with Crippen LogP contribution < -0.4 is 5.32 Å². The van der Waals surface area contributed by atoms with E-state index in [2.05, 4.69) is 5.32 Å². The number of nitrogens with one attached hydrogen (secondary N) is 1. The Bertz CT molecular complexity index is 316. The van der Waals surface area contributed by atoms with Gasteiger partial charge in [0.05, 0.1) is 0 Å². The van der Waals surface area contributed by atoms with Crippen molar-refractivity contribution in [2.45, 2.75) is 27.7 Å². The molecule has 1 N–H and O–H groups in total. The second-order valence-electron chi connectivity index (χ2n) is 2.86. The lowest BCUT2D eigenvalue weighted by Gasteiger charge is -2.04. The normalized spacial score (nSPS) is 8.00. The number of para-hydroxylation sites is 2. The largest absolute Gasteiger partial charge is 0.356 e. The Hall–Kier alpha value is -1.76. The van der Waals surface area contributed by atoms with Gasteiger partial charge in [-0.2, -0.15) is 0 Å². The molecule has 1 nitrogen and oxygen atoms in total. The second-order valence-corrected chi connectivity index (χ2v) is 2.86. The van der Waals surface area contributed by atoms with Crippen molar-refractivity contribution in [1.29, 1.82) is 0 Å². The Morgan fingerprint density at radius 3 is 1.12 bits per heavy atom. The molecule has 0 fully saturated rings. The van der Waals surface area contributed by atoms with Crippen molar-refractivity contribution in [2.75, 3.05) is 5.32 Å².